The maximum atomic E-state index is 13.2. The molecule has 4 aromatic rings. The molecule has 1 aromatic heterocycles. The number of aromatic carboxylic acids is 1. The van der Waals surface area contributed by atoms with Crippen LogP contribution in [0.2, 0.25) is 0 Å². The van der Waals surface area contributed by atoms with Crippen LogP contribution in [-0.4, -0.2) is 50.7 Å². The van der Waals surface area contributed by atoms with E-state index in [2.05, 4.69) is 46.6 Å². The second-order valence-electron chi connectivity index (χ2n) is 9.39. The van der Waals surface area contributed by atoms with Crippen LogP contribution in [0.15, 0.2) is 71.6 Å². The molecule has 1 saturated heterocycles. The van der Waals surface area contributed by atoms with Crippen molar-refractivity contribution in [3.05, 3.63) is 89.2 Å². The van der Waals surface area contributed by atoms with Crippen molar-refractivity contribution in [1.82, 2.24) is 4.98 Å². The third-order valence-electron chi connectivity index (χ3n) is 6.71. The highest BCUT2D eigenvalue weighted by Gasteiger charge is 2.22. The lowest BCUT2D eigenvalue weighted by Crippen LogP contribution is -2.47. The summed E-state index contributed by atoms with van der Waals surface area (Å²) in [6.07, 6.45) is 0. The zero-order chi connectivity index (χ0) is 27.0. The number of sulfonamides is 1. The molecule has 2 heterocycles. The molecule has 3 aromatic carbocycles. The summed E-state index contributed by atoms with van der Waals surface area (Å²) >= 11 is 0. The highest BCUT2D eigenvalue weighted by atomic mass is 32.2. The Labute approximate surface area is 220 Å². The number of piperazine rings is 1. The van der Waals surface area contributed by atoms with Crippen LogP contribution in [0.1, 0.15) is 21.5 Å². The number of carbonyl (C=O) groups is 1. The maximum Gasteiger partial charge on any atom is 0.336 e. The molecule has 8 nitrogen and oxygen atoms in total. The van der Waals surface area contributed by atoms with Crippen molar-refractivity contribution in [1.29, 1.82) is 0 Å². The van der Waals surface area contributed by atoms with Crippen molar-refractivity contribution in [3.8, 4) is 0 Å². The largest absolute Gasteiger partial charge is 0.478 e. The summed E-state index contributed by atoms with van der Waals surface area (Å²) in [4.78, 5) is 21.2. The molecule has 10 heteroatoms. The number of rotatable bonds is 6. The van der Waals surface area contributed by atoms with Gasteiger partial charge in [-0.3, -0.25) is 4.72 Å². The number of pyridine rings is 1. The van der Waals surface area contributed by atoms with Crippen molar-refractivity contribution in [2.24, 2.45) is 0 Å². The molecule has 5 rings (SSSR count). The lowest BCUT2D eigenvalue weighted by atomic mass is 10.1. The minimum Gasteiger partial charge on any atom is -0.478 e. The predicted octanol–water partition coefficient (Wildman–Crippen LogP) is 4.82. The van der Waals surface area contributed by atoms with E-state index < -0.39 is 21.8 Å². The lowest BCUT2D eigenvalue weighted by Gasteiger charge is -2.37. The van der Waals surface area contributed by atoms with Crippen LogP contribution >= 0.6 is 0 Å². The number of aromatic nitrogens is 1. The number of nitrogens with zero attached hydrogens (tertiary/aromatic N) is 3. The Balaban J connectivity index is 1.40. The first-order chi connectivity index (χ1) is 18.1. The Hall–Kier alpha value is -4.18. The van der Waals surface area contributed by atoms with Crippen LogP contribution in [0.25, 0.3) is 10.9 Å². The molecule has 0 amide bonds. The summed E-state index contributed by atoms with van der Waals surface area (Å²) < 4.78 is 41.1. The van der Waals surface area contributed by atoms with Crippen molar-refractivity contribution in [3.63, 3.8) is 0 Å². The molecular weight excluding hydrogens is 507 g/mol. The average Bonchev–Trinajstić information content (AvgIpc) is 2.89. The van der Waals surface area contributed by atoms with E-state index in [9.17, 15) is 22.7 Å². The van der Waals surface area contributed by atoms with Gasteiger partial charge in [-0.05, 0) is 79.6 Å². The molecule has 0 atom stereocenters. The third-order valence-corrected chi connectivity index (χ3v) is 8.11. The van der Waals surface area contributed by atoms with Crippen LogP contribution in [0, 0.1) is 19.7 Å². The van der Waals surface area contributed by atoms with E-state index >= 15 is 0 Å². The minimum absolute atomic E-state index is 0.0322. The molecular formula is C28H27FN4O4S. The Morgan fingerprint density at radius 2 is 1.61 bits per heavy atom. The van der Waals surface area contributed by atoms with Crippen LogP contribution in [0.5, 0.6) is 0 Å². The normalized spacial score (nSPS) is 14.1. The first-order valence-corrected chi connectivity index (χ1v) is 13.6. The lowest BCUT2D eigenvalue weighted by molar-refractivity contribution is 0.0699. The molecule has 2 N–H and O–H groups in total. The second-order valence-corrected chi connectivity index (χ2v) is 11.1. The Bertz CT molecular complexity index is 1630. The fourth-order valence-electron chi connectivity index (χ4n) is 4.68. The smallest absolute Gasteiger partial charge is 0.336 e. The highest BCUT2D eigenvalue weighted by molar-refractivity contribution is 7.92. The number of hydrogen-bond donors (Lipinski definition) is 2. The van der Waals surface area contributed by atoms with Gasteiger partial charge in [0.05, 0.1) is 16.0 Å². The van der Waals surface area contributed by atoms with E-state index in [1.54, 1.807) is 6.07 Å². The Morgan fingerprint density at radius 1 is 0.921 bits per heavy atom. The van der Waals surface area contributed by atoms with E-state index in [1.807, 2.05) is 0 Å². The molecule has 0 saturated carbocycles. The van der Waals surface area contributed by atoms with Gasteiger partial charge in [0.2, 0.25) is 0 Å². The molecule has 1 fully saturated rings. The average molecular weight is 535 g/mol. The fraction of sp³-hybridized carbons (Fsp3) is 0.214. The molecule has 0 radical (unpaired) electrons. The summed E-state index contributed by atoms with van der Waals surface area (Å²) in [5.41, 5.74) is 4.28. The van der Waals surface area contributed by atoms with Gasteiger partial charge < -0.3 is 14.9 Å². The first-order valence-electron chi connectivity index (χ1n) is 12.1. The Morgan fingerprint density at radius 3 is 2.29 bits per heavy atom. The summed E-state index contributed by atoms with van der Waals surface area (Å²) in [6, 6.07) is 17.0. The molecule has 0 unspecified atom stereocenters. The van der Waals surface area contributed by atoms with Crippen LogP contribution < -0.4 is 14.5 Å². The topological polar surface area (TPSA) is 103 Å². The second kappa shape index (κ2) is 9.94. The molecule has 1 aliphatic heterocycles. The predicted molar refractivity (Wildman–Crippen MR) is 146 cm³/mol. The third kappa shape index (κ3) is 5.12. The monoisotopic (exact) mass is 534 g/mol. The van der Waals surface area contributed by atoms with E-state index in [4.69, 9.17) is 4.98 Å². The van der Waals surface area contributed by atoms with Crippen LogP contribution in [0.4, 0.5) is 21.6 Å². The van der Waals surface area contributed by atoms with Crippen molar-refractivity contribution < 1.29 is 22.7 Å². The standard InChI is InChI=1S/C28H27FN4O4S/c1-18-3-4-19(2)26(15-18)32-11-13-33(14-12-32)27-17-24(28(34)35)23-16-21(7-10-25(23)30-27)31-38(36,37)22-8-5-20(29)6-9-22/h3-10,15-17,31H,11-14H2,1-2H3,(H,34,35). The number of hydrogen-bond acceptors (Lipinski definition) is 6. The summed E-state index contributed by atoms with van der Waals surface area (Å²) in [7, 11) is -3.99. The number of halogens is 1. The van der Waals surface area contributed by atoms with E-state index in [0.717, 1.165) is 37.4 Å². The molecule has 0 aliphatic carbocycles. The molecule has 196 valence electrons. The van der Waals surface area contributed by atoms with Gasteiger partial charge in [0.1, 0.15) is 11.6 Å². The van der Waals surface area contributed by atoms with Gasteiger partial charge in [0, 0.05) is 42.9 Å². The maximum absolute atomic E-state index is 13.2. The first kappa shape index (κ1) is 25.5. The van der Waals surface area contributed by atoms with E-state index in [1.165, 1.54) is 35.0 Å². The summed E-state index contributed by atoms with van der Waals surface area (Å²) in [5.74, 6) is -1.12. The van der Waals surface area contributed by atoms with Gasteiger partial charge in [-0.15, -0.1) is 0 Å². The fourth-order valence-corrected chi connectivity index (χ4v) is 5.73. The SMILES string of the molecule is Cc1ccc(C)c(N2CCN(c3cc(C(=O)O)c4cc(NS(=O)(=O)c5ccc(F)cc5)ccc4n3)CC2)c1. The number of nitrogens with one attached hydrogen (secondary N) is 1. The Kier molecular flexibility index (Phi) is 6.66. The van der Waals surface area contributed by atoms with Gasteiger partial charge in [-0.1, -0.05) is 12.1 Å². The number of anilines is 3. The van der Waals surface area contributed by atoms with Crippen LogP contribution in [-0.2, 0) is 10.0 Å². The highest BCUT2D eigenvalue weighted by Crippen LogP contribution is 2.29. The molecule has 1 aliphatic rings. The van der Waals surface area contributed by atoms with Crippen molar-refractivity contribution in [2.45, 2.75) is 18.7 Å². The number of benzene rings is 3. The number of fused-ring (bicyclic) bond motifs is 1. The number of carboxylic acids is 1. The van der Waals surface area contributed by atoms with Crippen molar-refractivity contribution in [2.75, 3.05) is 40.7 Å². The van der Waals surface area contributed by atoms with Gasteiger partial charge in [0.15, 0.2) is 0 Å². The number of aryl methyl sites for hydroxylation is 2. The zero-order valence-electron chi connectivity index (χ0n) is 21.0. The van der Waals surface area contributed by atoms with Crippen molar-refractivity contribution >= 4 is 44.1 Å². The van der Waals surface area contributed by atoms with Gasteiger partial charge >= 0.3 is 5.97 Å². The van der Waals surface area contributed by atoms with Gasteiger partial charge in [0.25, 0.3) is 10.0 Å². The molecule has 0 bridgehead atoms. The zero-order valence-corrected chi connectivity index (χ0v) is 21.8. The number of carboxylic acid groups (broad SMARTS) is 1. The minimum atomic E-state index is -3.99. The van der Waals surface area contributed by atoms with Crippen LogP contribution in [0.3, 0.4) is 0 Å². The van der Waals surface area contributed by atoms with Gasteiger partial charge in [-0.25, -0.2) is 22.6 Å². The quantitative estimate of drug-likeness (QED) is 0.366. The van der Waals surface area contributed by atoms with Gasteiger partial charge in [-0.2, -0.15) is 0 Å². The molecule has 38 heavy (non-hydrogen) atoms. The van der Waals surface area contributed by atoms with E-state index in [-0.39, 0.29) is 16.1 Å². The molecule has 0 spiro atoms. The summed E-state index contributed by atoms with van der Waals surface area (Å²) in [5, 5.41) is 10.3. The van der Waals surface area contributed by atoms with E-state index in [0.29, 0.717) is 29.8 Å². The summed E-state index contributed by atoms with van der Waals surface area (Å²) in [6.45, 7) is 7.08.